The number of hydrogen-bond acceptors (Lipinski definition) is 6. The summed E-state index contributed by atoms with van der Waals surface area (Å²) in [4.78, 5) is 9.65. The molecule has 4 nitrogen and oxygen atoms in total. The van der Waals surface area contributed by atoms with Crippen LogP contribution < -0.4 is 0 Å². The molecule has 96 valence electrons. The number of thioether (sulfide) groups is 1. The van der Waals surface area contributed by atoms with Crippen molar-refractivity contribution in [1.29, 1.82) is 0 Å². The van der Waals surface area contributed by atoms with Gasteiger partial charge in [-0.05, 0) is 39.5 Å². The predicted molar refractivity (Wildman–Crippen MR) is 79.1 cm³/mol. The molecule has 19 heavy (non-hydrogen) atoms. The molecular formula is C12H8BrN3OS2. The summed E-state index contributed by atoms with van der Waals surface area (Å²) in [5.41, 5.74) is 0. The van der Waals surface area contributed by atoms with Gasteiger partial charge in [-0.25, -0.2) is 4.98 Å². The molecule has 0 fully saturated rings. The zero-order valence-corrected chi connectivity index (χ0v) is 12.8. The highest BCUT2D eigenvalue weighted by Crippen LogP contribution is 2.24. The maximum absolute atomic E-state index is 5.22. The first-order valence-corrected chi connectivity index (χ1v) is 8.08. The SMILES string of the molecule is Brc1ccc(SCc2nc(-c3cccs3)no2)nc1. The van der Waals surface area contributed by atoms with E-state index in [0.717, 1.165) is 14.4 Å². The Kier molecular flexibility index (Phi) is 3.95. The quantitative estimate of drug-likeness (QED) is 0.656. The van der Waals surface area contributed by atoms with Crippen molar-refractivity contribution in [3.05, 3.63) is 46.2 Å². The normalized spacial score (nSPS) is 10.8. The standard InChI is InChI=1S/C12H8BrN3OS2/c13-8-3-4-11(14-6-8)19-7-10-15-12(16-17-10)9-2-1-5-18-9/h1-6H,7H2. The molecule has 0 aliphatic rings. The van der Waals surface area contributed by atoms with Crippen LogP contribution in [0.4, 0.5) is 0 Å². The van der Waals surface area contributed by atoms with Crippen LogP contribution in [0.1, 0.15) is 5.89 Å². The van der Waals surface area contributed by atoms with Gasteiger partial charge in [0.15, 0.2) is 0 Å². The van der Waals surface area contributed by atoms with Crippen molar-refractivity contribution in [3.63, 3.8) is 0 Å². The molecule has 0 unspecified atom stereocenters. The van der Waals surface area contributed by atoms with Crippen molar-refractivity contribution in [1.82, 2.24) is 15.1 Å². The van der Waals surface area contributed by atoms with E-state index >= 15 is 0 Å². The summed E-state index contributed by atoms with van der Waals surface area (Å²) in [7, 11) is 0. The van der Waals surface area contributed by atoms with Gasteiger partial charge in [0.25, 0.3) is 0 Å². The first-order chi connectivity index (χ1) is 9.31. The fourth-order valence-corrected chi connectivity index (χ4v) is 2.97. The average molecular weight is 354 g/mol. The Balaban J connectivity index is 1.66. The van der Waals surface area contributed by atoms with Gasteiger partial charge in [0, 0.05) is 10.7 Å². The van der Waals surface area contributed by atoms with E-state index < -0.39 is 0 Å². The Morgan fingerprint density at radius 1 is 1.32 bits per heavy atom. The summed E-state index contributed by atoms with van der Waals surface area (Å²) in [6.45, 7) is 0. The summed E-state index contributed by atoms with van der Waals surface area (Å²) in [5.74, 6) is 1.87. The minimum Gasteiger partial charge on any atom is -0.338 e. The van der Waals surface area contributed by atoms with Crippen LogP contribution in [0.25, 0.3) is 10.7 Å². The Bertz CT molecular complexity index is 652. The lowest BCUT2D eigenvalue weighted by molar-refractivity contribution is 0.392. The van der Waals surface area contributed by atoms with Crippen LogP contribution in [0.15, 0.2) is 49.9 Å². The van der Waals surface area contributed by atoms with Crippen LogP contribution in [0.5, 0.6) is 0 Å². The van der Waals surface area contributed by atoms with E-state index in [0.29, 0.717) is 17.5 Å². The van der Waals surface area contributed by atoms with Crippen LogP contribution in [0, 0.1) is 0 Å². The van der Waals surface area contributed by atoms with E-state index in [9.17, 15) is 0 Å². The van der Waals surface area contributed by atoms with Crippen molar-refractivity contribution in [2.75, 3.05) is 0 Å². The molecular weight excluding hydrogens is 346 g/mol. The van der Waals surface area contributed by atoms with Crippen molar-refractivity contribution in [2.45, 2.75) is 10.8 Å². The number of thiophene rings is 1. The summed E-state index contributed by atoms with van der Waals surface area (Å²) >= 11 is 6.52. The van der Waals surface area contributed by atoms with Gasteiger partial charge in [-0.3, -0.25) is 0 Å². The van der Waals surface area contributed by atoms with Gasteiger partial charge in [-0.15, -0.1) is 11.3 Å². The second-order valence-electron chi connectivity index (χ2n) is 3.59. The molecule has 0 N–H and O–H groups in total. The number of halogens is 1. The molecule has 7 heteroatoms. The largest absolute Gasteiger partial charge is 0.338 e. The Hall–Kier alpha value is -1.18. The van der Waals surface area contributed by atoms with Gasteiger partial charge in [0.1, 0.15) is 0 Å². The third-order valence-corrected chi connectivity index (χ3v) is 4.52. The smallest absolute Gasteiger partial charge is 0.237 e. The minimum absolute atomic E-state index is 0.609. The molecule has 3 rings (SSSR count). The Morgan fingerprint density at radius 2 is 2.26 bits per heavy atom. The Labute approximate surface area is 126 Å². The van der Waals surface area contributed by atoms with Crippen molar-refractivity contribution < 1.29 is 4.52 Å². The lowest BCUT2D eigenvalue weighted by Crippen LogP contribution is -1.83. The van der Waals surface area contributed by atoms with Crippen LogP contribution in [-0.4, -0.2) is 15.1 Å². The molecule has 0 radical (unpaired) electrons. The van der Waals surface area contributed by atoms with E-state index in [1.165, 1.54) is 0 Å². The van der Waals surface area contributed by atoms with E-state index in [2.05, 4.69) is 31.1 Å². The van der Waals surface area contributed by atoms with E-state index in [4.69, 9.17) is 4.52 Å². The second kappa shape index (κ2) is 5.85. The number of rotatable bonds is 4. The van der Waals surface area contributed by atoms with Gasteiger partial charge >= 0.3 is 0 Å². The molecule has 0 saturated heterocycles. The van der Waals surface area contributed by atoms with Crippen LogP contribution in [-0.2, 0) is 5.75 Å². The summed E-state index contributed by atoms with van der Waals surface area (Å²) in [5, 5.41) is 6.89. The van der Waals surface area contributed by atoms with Crippen LogP contribution >= 0.6 is 39.0 Å². The Morgan fingerprint density at radius 3 is 3.00 bits per heavy atom. The molecule has 0 amide bonds. The zero-order valence-electron chi connectivity index (χ0n) is 9.62. The third kappa shape index (κ3) is 3.23. The number of hydrogen-bond donors (Lipinski definition) is 0. The number of pyridine rings is 1. The van der Waals surface area contributed by atoms with Gasteiger partial charge in [-0.2, -0.15) is 4.98 Å². The van der Waals surface area contributed by atoms with Crippen molar-refractivity contribution in [2.24, 2.45) is 0 Å². The number of aromatic nitrogens is 3. The monoisotopic (exact) mass is 353 g/mol. The zero-order chi connectivity index (χ0) is 13.1. The van der Waals surface area contributed by atoms with E-state index in [-0.39, 0.29) is 0 Å². The van der Waals surface area contributed by atoms with E-state index in [1.54, 1.807) is 29.3 Å². The molecule has 0 aliphatic heterocycles. The highest BCUT2D eigenvalue weighted by Gasteiger charge is 2.09. The van der Waals surface area contributed by atoms with Crippen molar-refractivity contribution in [3.8, 4) is 10.7 Å². The lowest BCUT2D eigenvalue weighted by atomic mass is 10.4. The summed E-state index contributed by atoms with van der Waals surface area (Å²) in [6, 6.07) is 7.85. The molecule has 3 heterocycles. The van der Waals surface area contributed by atoms with E-state index in [1.807, 2.05) is 29.6 Å². The fraction of sp³-hybridized carbons (Fsp3) is 0.0833. The first-order valence-electron chi connectivity index (χ1n) is 5.42. The molecule has 0 atom stereocenters. The lowest BCUT2D eigenvalue weighted by Gasteiger charge is -1.96. The molecule has 0 aromatic carbocycles. The second-order valence-corrected chi connectivity index (χ2v) is 6.45. The highest BCUT2D eigenvalue weighted by molar-refractivity contribution is 9.10. The topological polar surface area (TPSA) is 51.8 Å². The molecule has 3 aromatic rings. The van der Waals surface area contributed by atoms with Gasteiger partial charge in [0.2, 0.25) is 11.7 Å². The predicted octanol–water partition coefficient (Wildman–Crippen LogP) is 4.25. The molecule has 0 spiro atoms. The van der Waals surface area contributed by atoms with Gasteiger partial charge in [-0.1, -0.05) is 23.0 Å². The highest BCUT2D eigenvalue weighted by atomic mass is 79.9. The third-order valence-electron chi connectivity index (χ3n) is 2.25. The average Bonchev–Trinajstić information content (AvgIpc) is 3.09. The van der Waals surface area contributed by atoms with Crippen molar-refractivity contribution >= 4 is 39.0 Å². The number of nitrogens with zero attached hydrogens (tertiary/aromatic N) is 3. The molecule has 0 saturated carbocycles. The molecule has 0 aliphatic carbocycles. The summed E-state index contributed by atoms with van der Waals surface area (Å²) < 4.78 is 6.19. The first kappa shape index (κ1) is 12.8. The van der Waals surface area contributed by atoms with Gasteiger partial charge < -0.3 is 4.52 Å². The maximum Gasteiger partial charge on any atom is 0.237 e. The van der Waals surface area contributed by atoms with Crippen LogP contribution in [0.2, 0.25) is 0 Å². The molecule has 3 aromatic heterocycles. The summed E-state index contributed by atoms with van der Waals surface area (Å²) in [6.07, 6.45) is 1.77. The van der Waals surface area contributed by atoms with Crippen LogP contribution in [0.3, 0.4) is 0 Å². The molecule has 0 bridgehead atoms. The van der Waals surface area contributed by atoms with Gasteiger partial charge in [0.05, 0.1) is 15.7 Å². The fourth-order valence-electron chi connectivity index (χ4n) is 1.40. The minimum atomic E-state index is 0.609. The maximum atomic E-state index is 5.22.